The summed E-state index contributed by atoms with van der Waals surface area (Å²) in [6.07, 6.45) is 5.74. The van der Waals surface area contributed by atoms with Gasteiger partial charge in [0, 0.05) is 35.2 Å². The molecule has 6 rings (SSSR count). The van der Waals surface area contributed by atoms with Gasteiger partial charge in [0.1, 0.15) is 5.52 Å². The number of nitrogens with one attached hydrogen (secondary N) is 1. The van der Waals surface area contributed by atoms with Crippen molar-refractivity contribution >= 4 is 63.6 Å². The van der Waals surface area contributed by atoms with Gasteiger partial charge >= 0.3 is 5.97 Å². The maximum absolute atomic E-state index is 11.5. The maximum Gasteiger partial charge on any atom is 0.305 e. The lowest BCUT2D eigenvalue weighted by molar-refractivity contribution is -0.144. The Hall–Kier alpha value is -2.19. The molecule has 1 aromatic heterocycles. The number of hydrogen-bond acceptors (Lipinski definition) is 6. The first-order chi connectivity index (χ1) is 18.7. The molecule has 39 heavy (non-hydrogen) atoms. The van der Waals surface area contributed by atoms with E-state index in [4.69, 9.17) is 44.2 Å². The molecule has 3 aromatic rings. The van der Waals surface area contributed by atoms with Gasteiger partial charge in [0.2, 0.25) is 0 Å². The predicted octanol–water partition coefficient (Wildman–Crippen LogP) is 7.51. The van der Waals surface area contributed by atoms with Crippen LogP contribution >= 0.6 is 34.8 Å². The molecule has 0 spiro atoms. The Labute approximate surface area is 243 Å². The molecule has 3 heterocycles. The molecule has 2 saturated heterocycles. The van der Waals surface area contributed by atoms with Crippen LogP contribution in [0.25, 0.3) is 11.1 Å². The lowest BCUT2D eigenvalue weighted by atomic mass is 9.70. The second-order valence-corrected chi connectivity index (χ2v) is 12.7. The quantitative estimate of drug-likeness (QED) is 0.281. The largest absolute Gasteiger partial charge is 0.481 e. The van der Waals surface area contributed by atoms with E-state index in [1.807, 2.05) is 31.2 Å². The second-order valence-electron chi connectivity index (χ2n) is 11.5. The summed E-state index contributed by atoms with van der Waals surface area (Å²) >= 11 is 19.1. The predicted molar refractivity (Wildman–Crippen MR) is 156 cm³/mol. The highest BCUT2D eigenvalue weighted by molar-refractivity contribution is 6.35. The first-order valence-corrected chi connectivity index (χ1v) is 14.9. The monoisotopic (exact) mass is 590 g/mol. The number of piperidine rings is 1. The van der Waals surface area contributed by atoms with Crippen LogP contribution in [0.3, 0.4) is 0 Å². The van der Waals surface area contributed by atoms with Crippen molar-refractivity contribution in [2.24, 2.45) is 11.8 Å². The normalized spacial score (nSPS) is 22.4. The molecule has 2 aliphatic heterocycles. The number of carbonyl (C=O) groups is 1. The van der Waals surface area contributed by atoms with Gasteiger partial charge in [0.05, 0.1) is 23.2 Å². The zero-order valence-corrected chi connectivity index (χ0v) is 24.2. The highest BCUT2D eigenvalue weighted by Crippen LogP contribution is 2.45. The highest BCUT2D eigenvalue weighted by atomic mass is 35.5. The molecule has 1 saturated carbocycles. The van der Waals surface area contributed by atoms with Crippen LogP contribution in [-0.4, -0.2) is 52.7 Å². The van der Waals surface area contributed by atoms with E-state index in [0.29, 0.717) is 44.2 Å². The zero-order valence-electron chi connectivity index (χ0n) is 21.9. The molecule has 0 amide bonds. The first-order valence-electron chi connectivity index (χ1n) is 13.7. The Bertz CT molecular complexity index is 1390. The molecule has 0 bridgehead atoms. The summed E-state index contributed by atoms with van der Waals surface area (Å²) in [7, 11) is 0. The van der Waals surface area contributed by atoms with E-state index in [1.54, 1.807) is 6.07 Å². The fraction of sp³-hybridized carbons (Fsp3) is 0.517. The summed E-state index contributed by atoms with van der Waals surface area (Å²) in [6, 6.07) is 9.65. The summed E-state index contributed by atoms with van der Waals surface area (Å²) in [4.78, 5) is 21.0. The smallest absolute Gasteiger partial charge is 0.305 e. The minimum absolute atomic E-state index is 0.121. The van der Waals surface area contributed by atoms with Crippen LogP contribution in [0, 0.1) is 11.8 Å². The number of carboxylic acid groups (broad SMARTS) is 1. The molecule has 3 aliphatic rings. The Kier molecular flexibility index (Phi) is 7.38. The van der Waals surface area contributed by atoms with Crippen molar-refractivity contribution in [3.05, 3.63) is 51.0 Å². The molecule has 2 N–H and O–H groups in total. The average Bonchev–Trinajstić information content (AvgIpc) is 3.26. The van der Waals surface area contributed by atoms with Gasteiger partial charge in [-0.15, -0.1) is 0 Å². The minimum atomic E-state index is -0.678. The van der Waals surface area contributed by atoms with Gasteiger partial charge in [-0.1, -0.05) is 40.9 Å². The number of halogens is 3. The summed E-state index contributed by atoms with van der Waals surface area (Å²) in [6.45, 7) is 5.81. The number of hydrogen-bond donors (Lipinski definition) is 2. The van der Waals surface area contributed by atoms with Crippen molar-refractivity contribution in [2.45, 2.75) is 57.0 Å². The standard InChI is InChI=1S/C29H33Cl3N4O3/c1-17(21-6-5-20(30)12-23(21)32)33-26-22(31)7-8-24-27(26)39-28(34-24)35-14-19(15-35)18-4-2-11-36(16-18)29(9-3-10-29)13-25(37)38/h5-8,12,17-19,33H,2-4,9-11,13-16H2,1H3,(H,37,38)/t17-,18+/m1/s1. The molecule has 2 atom stereocenters. The fourth-order valence-corrected chi connectivity index (χ4v) is 7.41. The molecule has 208 valence electrons. The van der Waals surface area contributed by atoms with Gasteiger partial charge in [-0.3, -0.25) is 9.69 Å². The third-order valence-electron chi connectivity index (χ3n) is 9.03. The fourth-order valence-electron chi connectivity index (χ4n) is 6.64. The number of anilines is 2. The molecule has 7 nitrogen and oxygen atoms in total. The Morgan fingerprint density at radius 1 is 1.13 bits per heavy atom. The average molecular weight is 592 g/mol. The van der Waals surface area contributed by atoms with E-state index in [0.717, 1.165) is 62.9 Å². The number of likely N-dealkylation sites (tertiary alicyclic amines) is 1. The van der Waals surface area contributed by atoms with Crippen LogP contribution < -0.4 is 10.2 Å². The number of fused-ring (bicyclic) bond motifs is 1. The van der Waals surface area contributed by atoms with Crippen LogP contribution in [0.15, 0.2) is 34.7 Å². The topological polar surface area (TPSA) is 81.8 Å². The SMILES string of the molecule is C[C@@H](Nc1c(Cl)ccc2nc(N3CC([C@H]4CCCN(C5(CC(=O)O)CCC5)C4)C3)oc12)c1ccc(Cl)cc1Cl. The number of rotatable bonds is 8. The van der Waals surface area contributed by atoms with E-state index >= 15 is 0 Å². The highest BCUT2D eigenvalue weighted by Gasteiger charge is 2.47. The number of carboxylic acids is 1. The van der Waals surface area contributed by atoms with Crippen molar-refractivity contribution in [2.75, 3.05) is 36.4 Å². The summed E-state index contributed by atoms with van der Waals surface area (Å²) in [5.74, 6) is 0.447. The van der Waals surface area contributed by atoms with E-state index in [1.165, 1.54) is 6.42 Å². The van der Waals surface area contributed by atoms with Gasteiger partial charge in [-0.25, -0.2) is 0 Å². The van der Waals surface area contributed by atoms with Gasteiger partial charge < -0.3 is 19.7 Å². The number of benzene rings is 2. The molecular formula is C29H33Cl3N4O3. The van der Waals surface area contributed by atoms with Crippen LogP contribution in [-0.2, 0) is 4.79 Å². The molecule has 10 heteroatoms. The molecule has 3 fully saturated rings. The van der Waals surface area contributed by atoms with Crippen LogP contribution in [0.4, 0.5) is 11.7 Å². The van der Waals surface area contributed by atoms with E-state index in [-0.39, 0.29) is 18.0 Å². The Morgan fingerprint density at radius 2 is 1.92 bits per heavy atom. The lowest BCUT2D eigenvalue weighted by Gasteiger charge is -2.54. The van der Waals surface area contributed by atoms with Gasteiger partial charge in [0.25, 0.3) is 6.01 Å². The maximum atomic E-state index is 11.5. The molecule has 2 aromatic carbocycles. The number of oxazole rings is 1. The van der Waals surface area contributed by atoms with E-state index < -0.39 is 5.97 Å². The van der Waals surface area contributed by atoms with Gasteiger partial charge in [-0.2, -0.15) is 4.98 Å². The molecule has 0 unspecified atom stereocenters. The number of aromatic nitrogens is 1. The summed E-state index contributed by atoms with van der Waals surface area (Å²) < 4.78 is 6.29. The molecule has 1 aliphatic carbocycles. The van der Waals surface area contributed by atoms with Crippen LogP contribution in [0.5, 0.6) is 0 Å². The van der Waals surface area contributed by atoms with Crippen molar-refractivity contribution in [3.8, 4) is 0 Å². The number of nitrogens with zero attached hydrogens (tertiary/aromatic N) is 3. The number of aliphatic carboxylic acids is 1. The first kappa shape index (κ1) is 27.0. The zero-order chi connectivity index (χ0) is 27.3. The minimum Gasteiger partial charge on any atom is -0.481 e. The third kappa shape index (κ3) is 5.19. The summed E-state index contributed by atoms with van der Waals surface area (Å²) in [5.41, 5.74) is 2.86. The van der Waals surface area contributed by atoms with Crippen molar-refractivity contribution in [1.29, 1.82) is 0 Å². The van der Waals surface area contributed by atoms with Gasteiger partial charge in [0.15, 0.2) is 5.58 Å². The van der Waals surface area contributed by atoms with E-state index in [2.05, 4.69) is 15.1 Å². The van der Waals surface area contributed by atoms with Crippen molar-refractivity contribution < 1.29 is 14.3 Å². The second kappa shape index (κ2) is 10.7. The third-order valence-corrected chi connectivity index (χ3v) is 9.90. The lowest BCUT2D eigenvalue weighted by Crippen LogP contribution is -2.60. The molecule has 0 radical (unpaired) electrons. The van der Waals surface area contributed by atoms with E-state index in [9.17, 15) is 9.90 Å². The Balaban J connectivity index is 1.14. The van der Waals surface area contributed by atoms with Gasteiger partial charge in [-0.05, 0) is 87.2 Å². The van der Waals surface area contributed by atoms with Crippen molar-refractivity contribution in [1.82, 2.24) is 9.88 Å². The van der Waals surface area contributed by atoms with Crippen LogP contribution in [0.2, 0.25) is 15.1 Å². The van der Waals surface area contributed by atoms with Crippen LogP contribution in [0.1, 0.15) is 57.1 Å². The molecular weight excluding hydrogens is 559 g/mol. The summed E-state index contributed by atoms with van der Waals surface area (Å²) in [5, 5.41) is 14.7. The Morgan fingerprint density at radius 3 is 2.62 bits per heavy atom. The van der Waals surface area contributed by atoms with Crippen molar-refractivity contribution in [3.63, 3.8) is 0 Å².